The number of nitrogens with zero attached hydrogens (tertiary/aromatic N) is 1. The molecular weight excluding hydrogens is 408 g/mol. The molecule has 2 heterocycles. The molecule has 2 aliphatic carbocycles. The second-order valence-electron chi connectivity index (χ2n) is 9.18. The molecule has 2 bridgehead atoms. The van der Waals surface area contributed by atoms with E-state index in [1.807, 2.05) is 0 Å². The minimum absolute atomic E-state index is 0.0481. The molecule has 4 atom stereocenters. The Morgan fingerprint density at radius 3 is 2.45 bits per heavy atom. The van der Waals surface area contributed by atoms with Gasteiger partial charge in [0.2, 0.25) is 11.8 Å². The number of rotatable bonds is 4. The van der Waals surface area contributed by atoms with Crippen molar-refractivity contribution < 1.29 is 27.9 Å². The van der Waals surface area contributed by atoms with Crippen molar-refractivity contribution in [3.05, 3.63) is 29.3 Å². The Bertz CT molecular complexity index is 910. The summed E-state index contributed by atoms with van der Waals surface area (Å²) in [4.78, 5) is 37.1. The number of ether oxygens (including phenoxy) is 1. The van der Waals surface area contributed by atoms with E-state index in [-0.39, 0.29) is 30.6 Å². The van der Waals surface area contributed by atoms with E-state index in [1.54, 1.807) is 4.90 Å². The van der Waals surface area contributed by atoms with Crippen LogP contribution in [-0.4, -0.2) is 43.1 Å². The van der Waals surface area contributed by atoms with Crippen molar-refractivity contribution in [2.24, 2.45) is 11.8 Å². The van der Waals surface area contributed by atoms with Crippen LogP contribution in [0.15, 0.2) is 12.1 Å². The van der Waals surface area contributed by atoms with Crippen molar-refractivity contribution in [1.82, 2.24) is 10.6 Å². The number of nitrogens with one attached hydrogen (secondary N) is 2. The number of fused-ring (bicyclic) bond motifs is 2. The molecule has 1 aromatic carbocycles. The molecule has 0 radical (unpaired) electrons. The Balaban J connectivity index is 1.16. The second kappa shape index (κ2) is 7.76. The molecule has 4 fully saturated rings. The van der Waals surface area contributed by atoms with E-state index < -0.39 is 35.5 Å². The highest BCUT2D eigenvalue weighted by Crippen LogP contribution is 2.44. The topological polar surface area (TPSA) is 87.7 Å². The number of imide groups is 1. The van der Waals surface area contributed by atoms with Gasteiger partial charge >= 0.3 is 6.09 Å². The first-order chi connectivity index (χ1) is 14.9. The van der Waals surface area contributed by atoms with E-state index in [2.05, 4.69) is 10.6 Å². The smallest absolute Gasteiger partial charge is 0.407 e. The summed E-state index contributed by atoms with van der Waals surface area (Å²) in [7, 11) is 0. The van der Waals surface area contributed by atoms with E-state index in [0.717, 1.165) is 12.3 Å². The van der Waals surface area contributed by atoms with Crippen molar-refractivity contribution >= 4 is 23.6 Å². The fourth-order valence-corrected chi connectivity index (χ4v) is 5.54. The van der Waals surface area contributed by atoms with Crippen LogP contribution in [0.4, 0.5) is 19.3 Å². The maximum Gasteiger partial charge on any atom is 0.407 e. The van der Waals surface area contributed by atoms with Crippen molar-refractivity contribution in [3.8, 4) is 0 Å². The number of carbonyl (C=O) groups excluding carboxylic acids is 3. The predicted octanol–water partition coefficient (Wildman–Crippen LogP) is 2.59. The normalized spacial score (nSPS) is 30.2. The highest BCUT2D eigenvalue weighted by atomic mass is 19.1. The quantitative estimate of drug-likeness (QED) is 0.713. The summed E-state index contributed by atoms with van der Waals surface area (Å²) in [5, 5.41) is 5.10. The monoisotopic (exact) mass is 433 g/mol. The van der Waals surface area contributed by atoms with E-state index in [9.17, 15) is 23.2 Å². The van der Waals surface area contributed by atoms with Gasteiger partial charge in [0.05, 0.1) is 19.0 Å². The third-order valence-corrected chi connectivity index (χ3v) is 7.18. The van der Waals surface area contributed by atoms with Crippen LogP contribution in [0.3, 0.4) is 0 Å². The Kier molecular flexibility index (Phi) is 5.06. The largest absolute Gasteiger partial charge is 0.442 e. The average molecular weight is 433 g/mol. The van der Waals surface area contributed by atoms with Gasteiger partial charge in [0.1, 0.15) is 17.7 Å². The molecule has 2 N–H and O–H groups in total. The van der Waals surface area contributed by atoms with Crippen LogP contribution in [-0.2, 0) is 14.3 Å². The highest BCUT2D eigenvalue weighted by molar-refractivity contribution is 6.01. The maximum atomic E-state index is 14.7. The molecular formula is C22H25F2N3O4. The predicted molar refractivity (Wildman–Crippen MR) is 106 cm³/mol. The molecule has 1 aromatic rings. The van der Waals surface area contributed by atoms with Crippen molar-refractivity contribution in [3.63, 3.8) is 0 Å². The van der Waals surface area contributed by atoms with E-state index in [0.29, 0.717) is 24.7 Å². The van der Waals surface area contributed by atoms with Crippen LogP contribution in [0.25, 0.3) is 0 Å². The number of anilines is 1. The zero-order valence-corrected chi connectivity index (χ0v) is 17.0. The minimum atomic E-state index is -1.02. The lowest BCUT2D eigenvalue weighted by molar-refractivity contribution is -0.134. The van der Waals surface area contributed by atoms with Gasteiger partial charge in [-0.15, -0.1) is 0 Å². The molecule has 4 aliphatic rings. The molecule has 9 heteroatoms. The first kappa shape index (κ1) is 20.2. The van der Waals surface area contributed by atoms with Gasteiger partial charge in [-0.05, 0) is 49.7 Å². The minimum Gasteiger partial charge on any atom is -0.442 e. The van der Waals surface area contributed by atoms with E-state index >= 15 is 0 Å². The number of benzene rings is 1. The van der Waals surface area contributed by atoms with Gasteiger partial charge in [0.25, 0.3) is 0 Å². The molecule has 2 saturated carbocycles. The van der Waals surface area contributed by atoms with Gasteiger partial charge in [-0.1, -0.05) is 6.42 Å². The van der Waals surface area contributed by atoms with Crippen LogP contribution < -0.4 is 15.5 Å². The Labute approximate surface area is 178 Å². The molecule has 7 nitrogen and oxygen atoms in total. The molecule has 0 aromatic heterocycles. The number of piperidine rings is 1. The van der Waals surface area contributed by atoms with E-state index in [1.165, 1.54) is 31.4 Å². The number of hydrogen-bond acceptors (Lipinski definition) is 5. The Morgan fingerprint density at radius 1 is 1.10 bits per heavy atom. The summed E-state index contributed by atoms with van der Waals surface area (Å²) in [6.07, 6.45) is 4.00. The van der Waals surface area contributed by atoms with Gasteiger partial charge in [-0.25, -0.2) is 13.6 Å². The zero-order chi connectivity index (χ0) is 21.7. The van der Waals surface area contributed by atoms with Gasteiger partial charge in [0.15, 0.2) is 0 Å². The van der Waals surface area contributed by atoms with Gasteiger partial charge < -0.3 is 15.0 Å². The van der Waals surface area contributed by atoms with E-state index in [4.69, 9.17) is 4.74 Å². The number of halogens is 2. The summed E-state index contributed by atoms with van der Waals surface area (Å²) in [6, 6.07) is 2.58. The van der Waals surface area contributed by atoms with Crippen LogP contribution in [0.1, 0.15) is 50.0 Å². The van der Waals surface area contributed by atoms with Crippen LogP contribution >= 0.6 is 0 Å². The average Bonchev–Trinajstić information content (AvgIpc) is 3.28. The third kappa shape index (κ3) is 3.85. The van der Waals surface area contributed by atoms with Crippen LogP contribution in [0.5, 0.6) is 0 Å². The molecule has 2 aliphatic heterocycles. The fraction of sp³-hybridized carbons (Fsp3) is 0.591. The fourth-order valence-electron chi connectivity index (χ4n) is 5.54. The summed E-state index contributed by atoms with van der Waals surface area (Å²) in [5.74, 6) is -2.48. The standard InChI is InChI=1S/C22H25F2N3O4/c23-16-7-13(8-17(24)20(16)15-3-4-19(28)26-21(15)29)27-9-14(10-27)31-22(30)25-18-6-11-1-2-12(18)5-11/h7-8,11-12,14-15,18H,1-6,9-10H2,(H,25,30)(H,26,28,29)/t11-,12+,15?,18+/m0/s1. The van der Waals surface area contributed by atoms with Crippen molar-refractivity contribution in [1.29, 1.82) is 0 Å². The Morgan fingerprint density at radius 2 is 1.84 bits per heavy atom. The third-order valence-electron chi connectivity index (χ3n) is 7.18. The molecule has 166 valence electrons. The Hall–Kier alpha value is -2.71. The molecule has 1 unspecified atom stereocenters. The van der Waals surface area contributed by atoms with Crippen molar-refractivity contribution in [2.75, 3.05) is 18.0 Å². The van der Waals surface area contributed by atoms with Gasteiger partial charge in [-0.3, -0.25) is 14.9 Å². The SMILES string of the molecule is O=C1CCC(c2c(F)cc(N3CC(OC(=O)N[C@@H]4C[C@H]5CC[C@@H]4C5)C3)cc2F)C(=O)N1. The number of hydrogen-bond donors (Lipinski definition) is 2. The first-order valence-electron chi connectivity index (χ1n) is 10.9. The number of amides is 3. The van der Waals surface area contributed by atoms with Crippen LogP contribution in [0.2, 0.25) is 0 Å². The number of carbonyl (C=O) groups is 3. The van der Waals surface area contributed by atoms with Crippen LogP contribution in [0, 0.1) is 23.5 Å². The second-order valence-corrected chi connectivity index (χ2v) is 9.18. The summed E-state index contributed by atoms with van der Waals surface area (Å²) in [5.41, 5.74) is 0.0201. The lowest BCUT2D eigenvalue weighted by Crippen LogP contribution is -2.54. The maximum absolute atomic E-state index is 14.7. The number of alkyl carbamates (subject to hydrolysis) is 1. The summed E-state index contributed by atoms with van der Waals surface area (Å²) >= 11 is 0. The molecule has 0 spiro atoms. The molecule has 3 amide bonds. The molecule has 5 rings (SSSR count). The summed E-state index contributed by atoms with van der Waals surface area (Å²) < 4.78 is 34.8. The highest BCUT2D eigenvalue weighted by Gasteiger charge is 2.41. The summed E-state index contributed by atoms with van der Waals surface area (Å²) in [6.45, 7) is 0.696. The molecule has 2 saturated heterocycles. The van der Waals surface area contributed by atoms with Crippen molar-refractivity contribution in [2.45, 2.75) is 56.6 Å². The molecule has 31 heavy (non-hydrogen) atoms. The lowest BCUT2D eigenvalue weighted by atomic mass is 9.89. The lowest BCUT2D eigenvalue weighted by Gasteiger charge is -2.40. The van der Waals surface area contributed by atoms with Gasteiger partial charge in [-0.2, -0.15) is 0 Å². The van der Waals surface area contributed by atoms with Gasteiger partial charge in [0, 0.05) is 23.7 Å². The zero-order valence-electron chi connectivity index (χ0n) is 17.0. The first-order valence-corrected chi connectivity index (χ1v) is 10.9.